The number of thioether (sulfide) groups is 1. The fourth-order valence-corrected chi connectivity index (χ4v) is 3.73. The van der Waals surface area contributed by atoms with Crippen LogP contribution in [0.1, 0.15) is 5.56 Å². The Bertz CT molecular complexity index is 1100. The van der Waals surface area contributed by atoms with Crippen molar-refractivity contribution in [1.29, 1.82) is 0 Å². The van der Waals surface area contributed by atoms with Crippen molar-refractivity contribution in [2.45, 2.75) is 11.4 Å². The Morgan fingerprint density at radius 3 is 2.58 bits per heavy atom. The van der Waals surface area contributed by atoms with Gasteiger partial charge in [0.25, 0.3) is 0 Å². The van der Waals surface area contributed by atoms with Crippen molar-refractivity contribution in [3.63, 3.8) is 0 Å². The monoisotopic (exact) mass is 506 g/mol. The third kappa shape index (κ3) is 7.09. The third-order valence-electron chi connectivity index (χ3n) is 4.37. The van der Waals surface area contributed by atoms with E-state index in [0.29, 0.717) is 17.1 Å². The van der Waals surface area contributed by atoms with Crippen molar-refractivity contribution in [2.24, 2.45) is 0 Å². The average Bonchev–Trinajstić information content (AvgIpc) is 3.15. The number of aldehydes is 1. The second-order valence-corrected chi connectivity index (χ2v) is 7.67. The van der Waals surface area contributed by atoms with Crippen LogP contribution in [0, 0.1) is 0 Å². The number of pyridine rings is 1. The molecule has 0 spiro atoms. The largest absolute Gasteiger partial charge is 0.699 e. The van der Waals surface area contributed by atoms with Crippen LogP contribution in [-0.4, -0.2) is 29.1 Å². The van der Waals surface area contributed by atoms with E-state index in [0.717, 1.165) is 34.4 Å². The van der Waals surface area contributed by atoms with Crippen LogP contribution in [0.2, 0.25) is 0 Å². The molecule has 0 unspecified atom stereocenters. The molecule has 31 heavy (non-hydrogen) atoms. The van der Waals surface area contributed by atoms with Crippen molar-refractivity contribution in [1.82, 2.24) is 9.97 Å². The number of aromatic nitrogens is 2. The fraction of sp³-hybridized carbons (Fsp3) is 0.130. The molecule has 0 amide bonds. The van der Waals surface area contributed by atoms with Crippen LogP contribution < -0.4 is 4.90 Å². The van der Waals surface area contributed by atoms with Gasteiger partial charge in [-0.25, -0.2) is 0 Å². The van der Waals surface area contributed by atoms with E-state index in [1.165, 1.54) is 17.3 Å². The molecule has 8 heteroatoms. The van der Waals surface area contributed by atoms with Crippen molar-refractivity contribution < 1.29 is 37.5 Å². The standard InChI is InChI=1S/C16H17N2OS.C7H6N3.Y/c1-18(12-13-5-3-2-4-6-13)15-11-14(17)7-8-16(15)20-10-9-19;8-5-4-10-6-2-1-3-9-7(5)6;/h2-9,11,17H,10,12H2,1H3;1-4,8,10H;/q2*-1;. The van der Waals surface area contributed by atoms with E-state index in [4.69, 9.17) is 11.5 Å². The number of fused-ring (bicyclic) bond motifs is 1. The Morgan fingerprint density at radius 1 is 1.10 bits per heavy atom. The van der Waals surface area contributed by atoms with Gasteiger partial charge in [0, 0.05) is 63.1 Å². The van der Waals surface area contributed by atoms with Gasteiger partial charge in [0.2, 0.25) is 0 Å². The summed E-state index contributed by atoms with van der Waals surface area (Å²) in [6, 6.07) is 19.5. The van der Waals surface area contributed by atoms with Crippen LogP contribution >= 0.6 is 11.8 Å². The zero-order valence-corrected chi connectivity index (χ0v) is 20.9. The summed E-state index contributed by atoms with van der Waals surface area (Å²) in [5.74, 6) is 0.434. The first-order chi connectivity index (χ1) is 14.6. The number of nitrogens with one attached hydrogen (secondary N) is 3. The summed E-state index contributed by atoms with van der Waals surface area (Å²) >= 11 is 1.50. The van der Waals surface area contributed by atoms with Crippen molar-refractivity contribution in [3.8, 4) is 0 Å². The maximum absolute atomic E-state index is 10.5. The molecule has 0 bridgehead atoms. The molecule has 2 aromatic carbocycles. The first-order valence-electron chi connectivity index (χ1n) is 9.39. The number of carbonyl (C=O) groups is 1. The zero-order valence-electron chi connectivity index (χ0n) is 17.2. The van der Waals surface area contributed by atoms with E-state index in [-0.39, 0.29) is 32.7 Å². The van der Waals surface area contributed by atoms with E-state index < -0.39 is 0 Å². The Balaban J connectivity index is 0.000000260. The predicted octanol–water partition coefficient (Wildman–Crippen LogP) is 6.54. The Morgan fingerprint density at radius 2 is 1.87 bits per heavy atom. The number of rotatable bonds is 6. The second kappa shape index (κ2) is 12.5. The van der Waals surface area contributed by atoms with E-state index in [1.54, 1.807) is 18.5 Å². The summed E-state index contributed by atoms with van der Waals surface area (Å²) < 4.78 is 0. The summed E-state index contributed by atoms with van der Waals surface area (Å²) in [7, 11) is 2.01. The summed E-state index contributed by atoms with van der Waals surface area (Å²) in [5.41, 5.74) is 19.9. The van der Waals surface area contributed by atoms with Gasteiger partial charge in [-0.1, -0.05) is 48.2 Å². The van der Waals surface area contributed by atoms with Crippen LogP contribution in [0.25, 0.3) is 22.5 Å². The quantitative estimate of drug-likeness (QED) is 0.237. The normalized spacial score (nSPS) is 9.97. The molecule has 4 aromatic rings. The summed E-state index contributed by atoms with van der Waals surface area (Å²) in [5, 5.41) is 0. The van der Waals surface area contributed by atoms with E-state index >= 15 is 0 Å². The van der Waals surface area contributed by atoms with Crippen LogP contribution in [0.4, 0.5) is 17.1 Å². The van der Waals surface area contributed by atoms with Crippen LogP contribution in [0.5, 0.6) is 0 Å². The Labute approximate surface area is 211 Å². The van der Waals surface area contributed by atoms with Gasteiger partial charge in [-0.2, -0.15) is 0 Å². The number of anilines is 1. The number of carbonyl (C=O) groups excluding carboxylic acids is 1. The van der Waals surface area contributed by atoms with Crippen LogP contribution in [0.15, 0.2) is 78.0 Å². The molecule has 0 saturated carbocycles. The van der Waals surface area contributed by atoms with Gasteiger partial charge in [0.15, 0.2) is 0 Å². The predicted molar refractivity (Wildman–Crippen MR) is 126 cm³/mol. The first kappa shape index (κ1) is 24.9. The van der Waals surface area contributed by atoms with Gasteiger partial charge in [-0.15, -0.1) is 17.4 Å². The smallest absolute Gasteiger partial charge is 0.130 e. The molecule has 2 heterocycles. The Hall–Kier alpha value is -2.35. The number of aromatic amines is 1. The number of hydrogen-bond acceptors (Lipinski definition) is 4. The van der Waals surface area contributed by atoms with Gasteiger partial charge in [-0.3, -0.25) is 4.98 Å². The minimum Gasteiger partial charge on any atom is -0.699 e. The molecule has 157 valence electrons. The molecule has 2 aromatic heterocycles. The molecule has 0 aliphatic rings. The molecule has 6 nitrogen and oxygen atoms in total. The molecule has 4 rings (SSSR count). The van der Waals surface area contributed by atoms with Crippen molar-refractivity contribution in [3.05, 3.63) is 90.1 Å². The number of nitrogens with zero attached hydrogens (tertiary/aromatic N) is 2. The van der Waals surface area contributed by atoms with Crippen molar-refractivity contribution >= 4 is 46.1 Å². The number of benzene rings is 2. The second-order valence-electron chi connectivity index (χ2n) is 6.60. The van der Waals surface area contributed by atoms with E-state index in [9.17, 15) is 4.79 Å². The van der Waals surface area contributed by atoms with Gasteiger partial charge in [0.1, 0.15) is 6.29 Å². The minimum absolute atomic E-state index is 0. The van der Waals surface area contributed by atoms with Crippen LogP contribution in [-0.2, 0) is 44.0 Å². The molecular weight excluding hydrogens is 483 g/mol. The zero-order chi connectivity index (χ0) is 21.3. The van der Waals surface area contributed by atoms with Crippen LogP contribution in [0.3, 0.4) is 0 Å². The third-order valence-corrected chi connectivity index (χ3v) is 5.33. The number of hydrogen-bond donors (Lipinski definition) is 1. The molecule has 0 saturated heterocycles. The topological polar surface area (TPSA) is 96.6 Å². The molecule has 0 aliphatic carbocycles. The molecule has 0 aliphatic heterocycles. The summed E-state index contributed by atoms with van der Waals surface area (Å²) in [6.45, 7) is 0.777. The molecule has 0 atom stereocenters. The van der Waals surface area contributed by atoms with Gasteiger partial charge in [-0.05, 0) is 30.0 Å². The SMILES string of the molecule is CN(Cc1ccccc1)c1cc([NH-])ccc1SCC=O.[NH-]c1c[nH]c2cccnc12.[Y]. The van der Waals surface area contributed by atoms with E-state index in [1.807, 2.05) is 49.5 Å². The number of H-pyrrole nitrogens is 1. The maximum Gasteiger partial charge on any atom is 0.130 e. The Kier molecular flexibility index (Phi) is 10.0. The molecule has 1 radical (unpaired) electrons. The molecule has 3 N–H and O–H groups in total. The van der Waals surface area contributed by atoms with Gasteiger partial charge >= 0.3 is 0 Å². The van der Waals surface area contributed by atoms with Crippen molar-refractivity contribution in [2.75, 3.05) is 17.7 Å². The molecule has 0 fully saturated rings. The average molecular weight is 506 g/mol. The minimum atomic E-state index is 0. The van der Waals surface area contributed by atoms with E-state index in [2.05, 4.69) is 27.0 Å². The summed E-state index contributed by atoms with van der Waals surface area (Å²) in [4.78, 5) is 20.7. The maximum atomic E-state index is 10.5. The molecular formula is C23H23N5OSY-2. The van der Waals surface area contributed by atoms with Gasteiger partial charge < -0.3 is 26.1 Å². The first-order valence-corrected chi connectivity index (χ1v) is 10.4. The fourth-order valence-electron chi connectivity index (χ4n) is 2.96. The van der Waals surface area contributed by atoms with Gasteiger partial charge in [0.05, 0.1) is 16.8 Å². The summed E-state index contributed by atoms with van der Waals surface area (Å²) in [6.07, 6.45) is 4.23.